The molecule has 1 saturated heterocycles. The zero-order valence-corrected chi connectivity index (χ0v) is 13.9. The highest BCUT2D eigenvalue weighted by molar-refractivity contribution is 7.12. The smallest absolute Gasteiger partial charge is 0.265 e. The fraction of sp³-hybridized carbons (Fsp3) is 0.294. The molecule has 24 heavy (non-hydrogen) atoms. The lowest BCUT2D eigenvalue weighted by Crippen LogP contribution is -2.54. The number of hydrogen-bond acceptors (Lipinski definition) is 5. The van der Waals surface area contributed by atoms with E-state index in [2.05, 4.69) is 10.6 Å². The molecule has 1 aliphatic heterocycles. The van der Waals surface area contributed by atoms with Crippen molar-refractivity contribution in [3.8, 4) is 0 Å². The van der Waals surface area contributed by atoms with E-state index in [4.69, 9.17) is 10.5 Å². The van der Waals surface area contributed by atoms with Crippen LogP contribution < -0.4 is 16.4 Å². The molecule has 0 spiro atoms. The molecular formula is C17H19N3O3S. The Labute approximate surface area is 144 Å². The van der Waals surface area contributed by atoms with Gasteiger partial charge in [0.05, 0.1) is 4.88 Å². The van der Waals surface area contributed by atoms with Gasteiger partial charge in [0.25, 0.3) is 5.91 Å². The average Bonchev–Trinajstić information content (AvgIpc) is 3.10. The van der Waals surface area contributed by atoms with Gasteiger partial charge in [-0.2, -0.15) is 0 Å². The number of ether oxygens (including phenoxy) is 1. The Bertz CT molecular complexity index is 724. The molecule has 4 N–H and O–H groups in total. The van der Waals surface area contributed by atoms with Gasteiger partial charge in [0, 0.05) is 24.6 Å². The molecule has 2 amide bonds. The van der Waals surface area contributed by atoms with Crippen LogP contribution in [0.15, 0.2) is 41.8 Å². The molecule has 0 unspecified atom stereocenters. The Balaban J connectivity index is 1.67. The number of carbonyl (C=O) groups excluding carboxylic acids is 2. The standard InChI is InChI=1S/C17H19N3O3S/c18-17(6-8-23-9-7-17)16(22)20-13-4-1-3-12(11-13)19-15(21)14-5-2-10-24-14/h1-5,10-11H,6-9,18H2,(H,19,21)(H,20,22). The van der Waals surface area contributed by atoms with Crippen LogP contribution in [0.4, 0.5) is 11.4 Å². The summed E-state index contributed by atoms with van der Waals surface area (Å²) < 4.78 is 5.26. The second-order valence-electron chi connectivity index (χ2n) is 5.73. The zero-order chi connectivity index (χ0) is 17.0. The third kappa shape index (κ3) is 3.81. The predicted octanol–water partition coefficient (Wildman–Crippen LogP) is 2.45. The topological polar surface area (TPSA) is 93.5 Å². The molecule has 1 aliphatic rings. The van der Waals surface area contributed by atoms with Crippen LogP contribution in [0.25, 0.3) is 0 Å². The number of nitrogens with one attached hydrogen (secondary N) is 2. The molecule has 0 aliphatic carbocycles. The van der Waals surface area contributed by atoms with Crippen molar-refractivity contribution in [3.63, 3.8) is 0 Å². The maximum Gasteiger partial charge on any atom is 0.265 e. The summed E-state index contributed by atoms with van der Waals surface area (Å²) in [4.78, 5) is 25.1. The summed E-state index contributed by atoms with van der Waals surface area (Å²) in [6.07, 6.45) is 0.987. The van der Waals surface area contributed by atoms with E-state index in [1.807, 2.05) is 11.4 Å². The van der Waals surface area contributed by atoms with Gasteiger partial charge in [-0.05, 0) is 42.5 Å². The zero-order valence-electron chi connectivity index (χ0n) is 13.1. The van der Waals surface area contributed by atoms with Gasteiger partial charge in [-0.3, -0.25) is 9.59 Å². The van der Waals surface area contributed by atoms with Gasteiger partial charge in [0.2, 0.25) is 5.91 Å². The monoisotopic (exact) mass is 345 g/mol. The highest BCUT2D eigenvalue weighted by Crippen LogP contribution is 2.22. The quantitative estimate of drug-likeness (QED) is 0.793. The number of rotatable bonds is 4. The minimum atomic E-state index is -0.908. The Kier molecular flexibility index (Phi) is 4.94. The molecule has 126 valence electrons. The van der Waals surface area contributed by atoms with E-state index in [0.717, 1.165) is 0 Å². The fourth-order valence-electron chi connectivity index (χ4n) is 2.49. The molecule has 3 rings (SSSR count). The first kappa shape index (κ1) is 16.6. The first-order chi connectivity index (χ1) is 11.6. The van der Waals surface area contributed by atoms with E-state index in [0.29, 0.717) is 42.3 Å². The van der Waals surface area contributed by atoms with Crippen molar-refractivity contribution in [1.82, 2.24) is 0 Å². The van der Waals surface area contributed by atoms with E-state index in [1.54, 1.807) is 30.3 Å². The van der Waals surface area contributed by atoms with Crippen LogP contribution in [0.2, 0.25) is 0 Å². The molecule has 2 heterocycles. The number of anilines is 2. The summed E-state index contributed by atoms with van der Waals surface area (Å²) in [6.45, 7) is 0.974. The third-order valence-corrected chi connectivity index (χ3v) is 4.83. The fourth-order valence-corrected chi connectivity index (χ4v) is 3.11. The van der Waals surface area contributed by atoms with Crippen LogP contribution in [0.5, 0.6) is 0 Å². The molecule has 0 radical (unpaired) electrons. The van der Waals surface area contributed by atoms with Crippen LogP contribution >= 0.6 is 11.3 Å². The molecule has 6 nitrogen and oxygen atoms in total. The summed E-state index contributed by atoms with van der Waals surface area (Å²) in [5.74, 6) is -0.402. The Morgan fingerprint density at radius 1 is 1.08 bits per heavy atom. The summed E-state index contributed by atoms with van der Waals surface area (Å²) in [5, 5.41) is 7.50. The molecular weight excluding hydrogens is 326 g/mol. The molecule has 1 fully saturated rings. The van der Waals surface area contributed by atoms with Gasteiger partial charge in [-0.15, -0.1) is 11.3 Å². The van der Waals surface area contributed by atoms with E-state index < -0.39 is 5.54 Å². The largest absolute Gasteiger partial charge is 0.381 e. The van der Waals surface area contributed by atoms with Gasteiger partial charge in [0.1, 0.15) is 5.54 Å². The first-order valence-electron chi connectivity index (χ1n) is 7.70. The van der Waals surface area contributed by atoms with Gasteiger partial charge in [-0.25, -0.2) is 0 Å². The van der Waals surface area contributed by atoms with Crippen molar-refractivity contribution in [1.29, 1.82) is 0 Å². The molecule has 0 bridgehead atoms. The normalized spacial score (nSPS) is 16.4. The molecule has 0 atom stereocenters. The third-order valence-electron chi connectivity index (χ3n) is 3.96. The van der Waals surface area contributed by atoms with Crippen molar-refractivity contribution in [3.05, 3.63) is 46.7 Å². The van der Waals surface area contributed by atoms with Crippen LogP contribution in [-0.2, 0) is 9.53 Å². The van der Waals surface area contributed by atoms with Crippen LogP contribution in [0.1, 0.15) is 22.5 Å². The molecule has 1 aromatic carbocycles. The molecule has 0 saturated carbocycles. The number of thiophene rings is 1. The average molecular weight is 345 g/mol. The number of nitrogens with two attached hydrogens (primary N) is 1. The van der Waals surface area contributed by atoms with Crippen LogP contribution in [0, 0.1) is 0 Å². The summed E-state index contributed by atoms with van der Waals surface area (Å²) in [7, 11) is 0. The molecule has 2 aromatic rings. The lowest BCUT2D eigenvalue weighted by atomic mass is 9.90. The van der Waals surface area contributed by atoms with Crippen LogP contribution in [0.3, 0.4) is 0 Å². The highest BCUT2D eigenvalue weighted by atomic mass is 32.1. The second-order valence-corrected chi connectivity index (χ2v) is 6.68. The first-order valence-corrected chi connectivity index (χ1v) is 8.58. The molecule has 7 heteroatoms. The molecule has 1 aromatic heterocycles. The lowest BCUT2D eigenvalue weighted by molar-refractivity contribution is -0.124. The maximum absolute atomic E-state index is 12.4. The van der Waals surface area contributed by atoms with Crippen molar-refractivity contribution in [2.24, 2.45) is 5.73 Å². The number of benzene rings is 1. The van der Waals surface area contributed by atoms with Gasteiger partial charge >= 0.3 is 0 Å². The summed E-state index contributed by atoms with van der Waals surface area (Å²) >= 11 is 1.37. The minimum Gasteiger partial charge on any atom is -0.381 e. The Morgan fingerprint density at radius 2 is 1.79 bits per heavy atom. The summed E-state index contributed by atoms with van der Waals surface area (Å²) in [5.41, 5.74) is 6.48. The van der Waals surface area contributed by atoms with Crippen molar-refractivity contribution in [2.45, 2.75) is 18.4 Å². The van der Waals surface area contributed by atoms with E-state index in [-0.39, 0.29) is 11.8 Å². The Morgan fingerprint density at radius 3 is 2.46 bits per heavy atom. The highest BCUT2D eigenvalue weighted by Gasteiger charge is 2.35. The summed E-state index contributed by atoms with van der Waals surface area (Å²) in [6, 6.07) is 10.6. The Hall–Kier alpha value is -2.22. The minimum absolute atomic E-state index is 0.173. The lowest BCUT2D eigenvalue weighted by Gasteiger charge is -2.31. The van der Waals surface area contributed by atoms with Crippen molar-refractivity contribution in [2.75, 3.05) is 23.8 Å². The van der Waals surface area contributed by atoms with Crippen molar-refractivity contribution < 1.29 is 14.3 Å². The number of hydrogen-bond donors (Lipinski definition) is 3. The van der Waals surface area contributed by atoms with Crippen molar-refractivity contribution >= 4 is 34.5 Å². The number of amides is 2. The van der Waals surface area contributed by atoms with E-state index >= 15 is 0 Å². The van der Waals surface area contributed by atoms with E-state index in [9.17, 15) is 9.59 Å². The maximum atomic E-state index is 12.4. The van der Waals surface area contributed by atoms with Gasteiger partial charge in [0.15, 0.2) is 0 Å². The second kappa shape index (κ2) is 7.12. The predicted molar refractivity (Wildman–Crippen MR) is 94.3 cm³/mol. The number of carbonyl (C=O) groups is 2. The van der Waals surface area contributed by atoms with E-state index in [1.165, 1.54) is 11.3 Å². The van der Waals surface area contributed by atoms with Gasteiger partial charge < -0.3 is 21.1 Å². The SMILES string of the molecule is NC1(C(=O)Nc2cccc(NC(=O)c3cccs3)c2)CCOCC1. The van der Waals surface area contributed by atoms with Gasteiger partial charge in [-0.1, -0.05) is 12.1 Å². The van der Waals surface area contributed by atoms with Crippen LogP contribution in [-0.4, -0.2) is 30.6 Å².